The van der Waals surface area contributed by atoms with Gasteiger partial charge in [0.2, 0.25) is 5.91 Å². The maximum Gasteiger partial charge on any atom is 0.285 e. The average molecular weight is 352 g/mol. The number of aromatic nitrogens is 2. The van der Waals surface area contributed by atoms with Crippen molar-refractivity contribution in [1.29, 1.82) is 0 Å². The molecule has 1 aliphatic heterocycles. The molecular weight excluding hydrogens is 336 g/mol. The number of H-pyrrole nitrogens is 1. The summed E-state index contributed by atoms with van der Waals surface area (Å²) in [4.78, 5) is 39.9. The van der Waals surface area contributed by atoms with Crippen molar-refractivity contribution in [3.63, 3.8) is 0 Å². The van der Waals surface area contributed by atoms with Crippen molar-refractivity contribution in [2.24, 2.45) is 0 Å². The van der Waals surface area contributed by atoms with E-state index < -0.39 is 10.5 Å². The van der Waals surface area contributed by atoms with E-state index in [0.29, 0.717) is 19.5 Å². The molecule has 0 saturated carbocycles. The summed E-state index contributed by atoms with van der Waals surface area (Å²) in [6.45, 7) is 0.794. The van der Waals surface area contributed by atoms with Crippen LogP contribution in [0.4, 0.5) is 5.69 Å². The Balaban J connectivity index is 1.58. The Hall–Kier alpha value is -3.42. The van der Waals surface area contributed by atoms with Gasteiger partial charge < -0.3 is 9.88 Å². The molecule has 1 aliphatic rings. The van der Waals surface area contributed by atoms with Crippen molar-refractivity contribution in [2.45, 2.75) is 19.5 Å². The Morgan fingerprint density at radius 3 is 2.85 bits per heavy atom. The molecule has 1 N–H and O–H groups in total. The highest BCUT2D eigenvalue weighted by molar-refractivity contribution is 5.86. The molecule has 3 aromatic rings. The van der Waals surface area contributed by atoms with Crippen molar-refractivity contribution in [3.05, 3.63) is 74.3 Å². The number of benzene rings is 1. The molecule has 0 fully saturated rings. The molecule has 0 bridgehead atoms. The zero-order valence-electron chi connectivity index (χ0n) is 13.8. The summed E-state index contributed by atoms with van der Waals surface area (Å²) >= 11 is 0. The van der Waals surface area contributed by atoms with E-state index >= 15 is 0 Å². The fraction of sp³-hybridized carbons (Fsp3) is 0.222. The SMILES string of the molecule is O=C(Cn1cc([N+](=O)[O-])ccc1=O)N1CCc2[nH]c3ccccc3c2C1. The van der Waals surface area contributed by atoms with E-state index in [9.17, 15) is 19.7 Å². The van der Waals surface area contributed by atoms with Crippen molar-refractivity contribution in [2.75, 3.05) is 6.54 Å². The van der Waals surface area contributed by atoms with Gasteiger partial charge >= 0.3 is 0 Å². The lowest BCUT2D eigenvalue weighted by Crippen LogP contribution is -2.39. The number of rotatable bonds is 3. The van der Waals surface area contributed by atoms with Crippen LogP contribution in [0, 0.1) is 10.1 Å². The molecule has 0 unspecified atom stereocenters. The second-order valence-electron chi connectivity index (χ2n) is 6.30. The van der Waals surface area contributed by atoms with Gasteiger partial charge in [0, 0.05) is 53.8 Å². The van der Waals surface area contributed by atoms with Gasteiger partial charge in [0.05, 0.1) is 11.1 Å². The number of nitrogens with one attached hydrogen (secondary N) is 1. The fourth-order valence-electron chi connectivity index (χ4n) is 3.38. The minimum atomic E-state index is -0.584. The highest BCUT2D eigenvalue weighted by atomic mass is 16.6. The normalized spacial score (nSPS) is 13.6. The molecule has 26 heavy (non-hydrogen) atoms. The van der Waals surface area contributed by atoms with Crippen LogP contribution < -0.4 is 5.56 Å². The molecule has 0 radical (unpaired) electrons. The summed E-state index contributed by atoms with van der Waals surface area (Å²) in [6, 6.07) is 10.2. The first-order valence-electron chi connectivity index (χ1n) is 8.24. The van der Waals surface area contributed by atoms with Crippen molar-refractivity contribution in [1.82, 2.24) is 14.5 Å². The number of hydrogen-bond donors (Lipinski definition) is 1. The van der Waals surface area contributed by atoms with Gasteiger partial charge in [0.15, 0.2) is 0 Å². The van der Waals surface area contributed by atoms with Gasteiger partial charge in [-0.15, -0.1) is 0 Å². The highest BCUT2D eigenvalue weighted by Crippen LogP contribution is 2.27. The zero-order chi connectivity index (χ0) is 18.3. The highest BCUT2D eigenvalue weighted by Gasteiger charge is 2.24. The first kappa shape index (κ1) is 16.1. The maximum atomic E-state index is 12.7. The topological polar surface area (TPSA) is 101 Å². The summed E-state index contributed by atoms with van der Waals surface area (Å²) in [5, 5.41) is 12.0. The van der Waals surface area contributed by atoms with Gasteiger partial charge in [0.1, 0.15) is 6.54 Å². The van der Waals surface area contributed by atoms with E-state index in [-0.39, 0.29) is 18.1 Å². The van der Waals surface area contributed by atoms with E-state index in [1.807, 2.05) is 24.3 Å². The molecule has 1 amide bonds. The summed E-state index contributed by atoms with van der Waals surface area (Å²) < 4.78 is 1.09. The Bertz CT molecular complexity index is 1080. The minimum absolute atomic E-state index is 0.210. The van der Waals surface area contributed by atoms with Crippen LogP contribution in [-0.2, 0) is 24.3 Å². The molecule has 0 aliphatic carbocycles. The van der Waals surface area contributed by atoms with Gasteiger partial charge in [-0.3, -0.25) is 24.3 Å². The quantitative estimate of drug-likeness (QED) is 0.574. The number of para-hydroxylation sites is 1. The molecule has 8 nitrogen and oxygen atoms in total. The Labute approximate surface area is 147 Å². The van der Waals surface area contributed by atoms with Crippen LogP contribution in [0.5, 0.6) is 0 Å². The monoisotopic (exact) mass is 352 g/mol. The van der Waals surface area contributed by atoms with Crippen LogP contribution in [0.1, 0.15) is 11.3 Å². The molecule has 4 rings (SSSR count). The van der Waals surface area contributed by atoms with Crippen molar-refractivity contribution < 1.29 is 9.72 Å². The lowest BCUT2D eigenvalue weighted by atomic mass is 10.0. The van der Waals surface area contributed by atoms with Crippen LogP contribution in [0.25, 0.3) is 10.9 Å². The van der Waals surface area contributed by atoms with Crippen molar-refractivity contribution >= 4 is 22.5 Å². The third kappa shape index (κ3) is 2.75. The molecule has 3 heterocycles. The number of carbonyl (C=O) groups is 1. The average Bonchev–Trinajstić information content (AvgIpc) is 3.01. The first-order valence-corrected chi connectivity index (χ1v) is 8.24. The number of nitrogens with zero attached hydrogens (tertiary/aromatic N) is 3. The smallest absolute Gasteiger partial charge is 0.285 e. The number of aromatic amines is 1. The number of amides is 1. The molecular formula is C18H16N4O4. The number of fused-ring (bicyclic) bond motifs is 3. The predicted molar refractivity (Wildman–Crippen MR) is 94.8 cm³/mol. The van der Waals surface area contributed by atoms with Crippen LogP contribution >= 0.6 is 0 Å². The maximum absolute atomic E-state index is 12.7. The Kier molecular flexibility index (Phi) is 3.80. The van der Waals surface area contributed by atoms with Gasteiger partial charge in [0.25, 0.3) is 11.2 Å². The van der Waals surface area contributed by atoms with Crippen LogP contribution in [0.3, 0.4) is 0 Å². The van der Waals surface area contributed by atoms with Crippen LogP contribution in [-0.4, -0.2) is 31.8 Å². The van der Waals surface area contributed by atoms with Gasteiger partial charge in [-0.1, -0.05) is 18.2 Å². The largest absolute Gasteiger partial charge is 0.358 e. The second kappa shape index (κ2) is 6.14. The van der Waals surface area contributed by atoms with E-state index in [1.54, 1.807) is 4.90 Å². The third-order valence-electron chi connectivity index (χ3n) is 4.72. The lowest BCUT2D eigenvalue weighted by Gasteiger charge is -2.27. The molecule has 1 aromatic carbocycles. The number of hydrogen-bond acceptors (Lipinski definition) is 4. The predicted octanol–water partition coefficient (Wildman–Crippen LogP) is 1.82. The summed E-state index contributed by atoms with van der Waals surface area (Å²) in [6.07, 6.45) is 1.82. The van der Waals surface area contributed by atoms with Crippen LogP contribution in [0.2, 0.25) is 0 Å². The first-order chi connectivity index (χ1) is 12.5. The molecule has 2 aromatic heterocycles. The number of carbonyl (C=O) groups excluding carboxylic acids is 1. The molecule has 0 saturated heterocycles. The number of pyridine rings is 1. The fourth-order valence-corrected chi connectivity index (χ4v) is 3.38. The van der Waals surface area contributed by atoms with E-state index in [1.165, 1.54) is 0 Å². The van der Waals surface area contributed by atoms with E-state index in [0.717, 1.165) is 45.1 Å². The van der Waals surface area contributed by atoms with Gasteiger partial charge in [-0.05, 0) is 6.07 Å². The summed E-state index contributed by atoms with van der Waals surface area (Å²) in [5.74, 6) is -0.233. The van der Waals surface area contributed by atoms with Crippen LogP contribution in [0.15, 0.2) is 47.4 Å². The Morgan fingerprint density at radius 2 is 2.04 bits per heavy atom. The summed E-state index contributed by atoms with van der Waals surface area (Å²) in [7, 11) is 0. The van der Waals surface area contributed by atoms with Gasteiger partial charge in [-0.2, -0.15) is 0 Å². The standard InChI is InChI=1S/C18H16N4O4/c23-17-6-5-12(22(25)26)9-21(17)11-18(24)20-8-7-16-14(10-20)13-3-1-2-4-15(13)19-16/h1-6,9,19H,7-8,10-11H2. The summed E-state index contributed by atoms with van der Waals surface area (Å²) in [5.41, 5.74) is 2.61. The molecule has 8 heteroatoms. The third-order valence-corrected chi connectivity index (χ3v) is 4.72. The van der Waals surface area contributed by atoms with E-state index in [4.69, 9.17) is 0 Å². The lowest BCUT2D eigenvalue weighted by molar-refractivity contribution is -0.385. The molecule has 0 spiro atoms. The molecule has 0 atom stereocenters. The van der Waals surface area contributed by atoms with Crippen molar-refractivity contribution in [3.8, 4) is 0 Å². The van der Waals surface area contributed by atoms with Gasteiger partial charge in [-0.25, -0.2) is 0 Å². The Morgan fingerprint density at radius 1 is 1.23 bits per heavy atom. The molecule has 132 valence electrons. The number of nitro groups is 1. The van der Waals surface area contributed by atoms with E-state index in [2.05, 4.69) is 4.98 Å². The zero-order valence-corrected chi connectivity index (χ0v) is 13.8. The second-order valence-corrected chi connectivity index (χ2v) is 6.30. The minimum Gasteiger partial charge on any atom is -0.358 e.